The van der Waals surface area contributed by atoms with E-state index in [0.29, 0.717) is 12.6 Å². The van der Waals surface area contributed by atoms with E-state index in [1.807, 2.05) is 24.3 Å². The Hall–Kier alpha value is -2.49. The number of ether oxygens (including phenoxy) is 1. The Morgan fingerprint density at radius 3 is 2.83 bits per heavy atom. The first-order chi connectivity index (χ1) is 11.8. The highest BCUT2D eigenvalue weighted by molar-refractivity contribution is 5.49. The van der Waals surface area contributed by atoms with Crippen LogP contribution in [0.3, 0.4) is 0 Å². The normalized spacial score (nSPS) is 15.0. The summed E-state index contributed by atoms with van der Waals surface area (Å²) < 4.78 is 8.19. The third kappa shape index (κ3) is 3.23. The molecule has 0 bridgehead atoms. The summed E-state index contributed by atoms with van der Waals surface area (Å²) in [5, 5.41) is 3.45. The van der Waals surface area contributed by atoms with Crippen LogP contribution in [0.4, 0.5) is 5.69 Å². The topological polar surface area (TPSA) is 38.6 Å². The Labute approximate surface area is 142 Å². The summed E-state index contributed by atoms with van der Waals surface area (Å²) in [7, 11) is 0. The van der Waals surface area contributed by atoms with Crippen LogP contribution >= 0.6 is 0 Å². The second-order valence-electron chi connectivity index (χ2n) is 6.53. The maximum atomic E-state index is 6.07. The van der Waals surface area contributed by atoms with Crippen molar-refractivity contribution >= 4 is 11.3 Å². The summed E-state index contributed by atoms with van der Waals surface area (Å²) in [5.41, 5.74) is 4.29. The molecular weight excluding hydrogens is 298 g/mol. The molecule has 1 aromatic carbocycles. The Kier molecular flexibility index (Phi) is 4.11. The van der Waals surface area contributed by atoms with Crippen molar-refractivity contribution < 1.29 is 4.74 Å². The summed E-state index contributed by atoms with van der Waals surface area (Å²) in [5.74, 6) is 0.956. The van der Waals surface area contributed by atoms with Crippen LogP contribution in [0, 0.1) is 6.92 Å². The van der Waals surface area contributed by atoms with Crippen LogP contribution < -0.4 is 10.1 Å². The van der Waals surface area contributed by atoms with E-state index in [2.05, 4.69) is 46.0 Å². The molecule has 0 aliphatic heterocycles. The first kappa shape index (κ1) is 15.1. The number of hydrogen-bond donors (Lipinski definition) is 1. The highest BCUT2D eigenvalue weighted by Gasteiger charge is 2.16. The zero-order valence-electron chi connectivity index (χ0n) is 14.0. The molecule has 1 N–H and O–H groups in total. The van der Waals surface area contributed by atoms with Gasteiger partial charge in [-0.2, -0.15) is 0 Å². The quantitative estimate of drug-likeness (QED) is 0.748. The Morgan fingerprint density at radius 1 is 1.17 bits per heavy atom. The van der Waals surface area contributed by atoms with Gasteiger partial charge in [0.05, 0.1) is 18.3 Å². The minimum Gasteiger partial charge on any atom is -0.490 e. The first-order valence-electron chi connectivity index (χ1n) is 8.72. The van der Waals surface area contributed by atoms with Crippen LogP contribution in [0.25, 0.3) is 5.65 Å². The summed E-state index contributed by atoms with van der Waals surface area (Å²) in [4.78, 5) is 4.66. The number of fused-ring (bicyclic) bond motifs is 1. The van der Waals surface area contributed by atoms with Crippen molar-refractivity contribution in [3.05, 3.63) is 60.0 Å². The summed E-state index contributed by atoms with van der Waals surface area (Å²) >= 11 is 0. The van der Waals surface area contributed by atoms with Crippen LogP contribution in [0.2, 0.25) is 0 Å². The van der Waals surface area contributed by atoms with Gasteiger partial charge in [0.25, 0.3) is 0 Å². The third-order valence-electron chi connectivity index (χ3n) is 4.66. The molecule has 0 saturated heterocycles. The van der Waals surface area contributed by atoms with E-state index < -0.39 is 0 Å². The lowest BCUT2D eigenvalue weighted by Crippen LogP contribution is -2.11. The van der Waals surface area contributed by atoms with Crippen LogP contribution in [-0.2, 0) is 6.54 Å². The van der Waals surface area contributed by atoms with Crippen molar-refractivity contribution in [2.24, 2.45) is 0 Å². The zero-order valence-corrected chi connectivity index (χ0v) is 14.0. The number of imidazole rings is 1. The molecular formula is C20H23N3O. The van der Waals surface area contributed by atoms with Gasteiger partial charge in [0.1, 0.15) is 11.4 Å². The van der Waals surface area contributed by atoms with E-state index in [9.17, 15) is 0 Å². The van der Waals surface area contributed by atoms with Crippen LogP contribution in [-0.4, -0.2) is 15.5 Å². The molecule has 0 radical (unpaired) electrons. The Balaban J connectivity index is 1.43. The van der Waals surface area contributed by atoms with E-state index in [1.165, 1.54) is 31.4 Å². The predicted octanol–water partition coefficient (Wildman–Crippen LogP) is 4.58. The highest BCUT2D eigenvalue weighted by Crippen LogP contribution is 2.26. The van der Waals surface area contributed by atoms with Gasteiger partial charge in [0, 0.05) is 23.6 Å². The molecule has 0 amide bonds. The maximum Gasteiger partial charge on any atom is 0.137 e. The first-order valence-corrected chi connectivity index (χ1v) is 8.72. The van der Waals surface area contributed by atoms with E-state index in [1.54, 1.807) is 0 Å². The van der Waals surface area contributed by atoms with E-state index in [4.69, 9.17) is 4.74 Å². The van der Waals surface area contributed by atoms with Crippen molar-refractivity contribution in [1.82, 2.24) is 9.38 Å². The lowest BCUT2D eigenvalue weighted by atomic mass is 10.2. The Bertz CT molecular complexity index is 834. The van der Waals surface area contributed by atoms with E-state index in [0.717, 1.165) is 22.8 Å². The van der Waals surface area contributed by atoms with Gasteiger partial charge in [-0.1, -0.05) is 12.1 Å². The van der Waals surface area contributed by atoms with Crippen molar-refractivity contribution in [3.8, 4) is 5.75 Å². The molecule has 1 saturated carbocycles. The lowest BCUT2D eigenvalue weighted by molar-refractivity contribution is 0.210. The lowest BCUT2D eigenvalue weighted by Gasteiger charge is -2.14. The van der Waals surface area contributed by atoms with Gasteiger partial charge in [-0.15, -0.1) is 0 Å². The maximum absolute atomic E-state index is 6.07. The molecule has 2 aromatic heterocycles. The number of nitrogens with one attached hydrogen (secondary N) is 1. The molecule has 0 unspecified atom stereocenters. The van der Waals surface area contributed by atoms with Crippen molar-refractivity contribution in [2.45, 2.75) is 45.3 Å². The molecule has 4 rings (SSSR count). The number of aryl methyl sites for hydroxylation is 1. The second-order valence-corrected chi connectivity index (χ2v) is 6.53. The average Bonchev–Trinajstić information content (AvgIpc) is 3.23. The molecule has 124 valence electrons. The molecule has 1 aliphatic rings. The van der Waals surface area contributed by atoms with E-state index in [-0.39, 0.29) is 0 Å². The van der Waals surface area contributed by atoms with Gasteiger partial charge in [0.15, 0.2) is 0 Å². The number of nitrogens with zero attached hydrogens (tertiary/aromatic N) is 2. The highest BCUT2D eigenvalue weighted by atomic mass is 16.5. The van der Waals surface area contributed by atoms with Crippen LogP contribution in [0.5, 0.6) is 5.75 Å². The average molecular weight is 321 g/mol. The molecule has 4 nitrogen and oxygen atoms in total. The van der Waals surface area contributed by atoms with Gasteiger partial charge in [0.2, 0.25) is 0 Å². The molecule has 2 heterocycles. The van der Waals surface area contributed by atoms with Crippen LogP contribution in [0.15, 0.2) is 48.7 Å². The van der Waals surface area contributed by atoms with Gasteiger partial charge in [-0.25, -0.2) is 4.98 Å². The number of anilines is 1. The number of hydrogen-bond acceptors (Lipinski definition) is 3. The number of aromatic nitrogens is 2. The van der Waals surface area contributed by atoms with E-state index >= 15 is 0 Å². The van der Waals surface area contributed by atoms with Gasteiger partial charge in [-0.3, -0.25) is 0 Å². The predicted molar refractivity (Wildman–Crippen MR) is 96.6 cm³/mol. The standard InChI is InChI=1S/C20H23N3O/c1-15-6-4-11-20-22-17(14-23(15)20)13-21-16-7-5-10-19(12-16)24-18-8-2-3-9-18/h4-7,10-12,14,18,21H,2-3,8-9,13H2,1H3. The monoisotopic (exact) mass is 321 g/mol. The van der Waals surface area contributed by atoms with Gasteiger partial charge in [-0.05, 0) is 56.9 Å². The third-order valence-corrected chi connectivity index (χ3v) is 4.66. The summed E-state index contributed by atoms with van der Waals surface area (Å²) in [6, 6.07) is 14.4. The second kappa shape index (κ2) is 6.56. The van der Waals surface area contributed by atoms with Crippen molar-refractivity contribution in [2.75, 3.05) is 5.32 Å². The minimum absolute atomic E-state index is 0.390. The van der Waals surface area contributed by atoms with Gasteiger partial charge >= 0.3 is 0 Å². The fourth-order valence-electron chi connectivity index (χ4n) is 3.35. The number of benzene rings is 1. The summed E-state index contributed by atoms with van der Waals surface area (Å²) in [6.45, 7) is 2.80. The molecule has 3 aromatic rings. The SMILES string of the molecule is Cc1cccc2nc(CNc3cccc(OC4CCCC4)c3)cn12. The number of pyridine rings is 1. The fourth-order valence-corrected chi connectivity index (χ4v) is 3.35. The molecule has 1 fully saturated rings. The molecule has 4 heteroatoms. The largest absolute Gasteiger partial charge is 0.490 e. The van der Waals surface area contributed by atoms with Gasteiger partial charge < -0.3 is 14.5 Å². The molecule has 0 atom stereocenters. The Morgan fingerprint density at radius 2 is 2.00 bits per heavy atom. The minimum atomic E-state index is 0.390. The van der Waals surface area contributed by atoms with Crippen molar-refractivity contribution in [1.29, 1.82) is 0 Å². The molecule has 1 aliphatic carbocycles. The molecule has 24 heavy (non-hydrogen) atoms. The zero-order chi connectivity index (χ0) is 16.4. The summed E-state index contributed by atoms with van der Waals surface area (Å²) in [6.07, 6.45) is 7.42. The number of rotatable bonds is 5. The smallest absolute Gasteiger partial charge is 0.137 e. The van der Waals surface area contributed by atoms with Crippen molar-refractivity contribution in [3.63, 3.8) is 0 Å². The van der Waals surface area contributed by atoms with Crippen LogP contribution in [0.1, 0.15) is 37.1 Å². The molecule has 0 spiro atoms. The fraction of sp³-hybridized carbons (Fsp3) is 0.350.